The lowest BCUT2D eigenvalue weighted by molar-refractivity contribution is -0.140. The number of hydrogen-bond acceptors (Lipinski definition) is 4. The van der Waals surface area contributed by atoms with Gasteiger partial charge in [0, 0.05) is 26.1 Å². The molecule has 9 heteroatoms. The van der Waals surface area contributed by atoms with Crippen LogP contribution in [0.2, 0.25) is 0 Å². The molecule has 7 nitrogen and oxygen atoms in total. The summed E-state index contributed by atoms with van der Waals surface area (Å²) < 4.78 is 39.3. The molecule has 0 heterocycles. The van der Waals surface area contributed by atoms with E-state index >= 15 is 0 Å². The summed E-state index contributed by atoms with van der Waals surface area (Å²) in [6.45, 7) is 6.26. The summed E-state index contributed by atoms with van der Waals surface area (Å²) >= 11 is 0. The van der Waals surface area contributed by atoms with E-state index in [4.69, 9.17) is 0 Å². The molecule has 186 valence electrons. The molecule has 0 saturated carbocycles. The van der Waals surface area contributed by atoms with Gasteiger partial charge in [0.2, 0.25) is 21.8 Å². The van der Waals surface area contributed by atoms with Crippen LogP contribution in [0.3, 0.4) is 0 Å². The standard InChI is InChI=1S/C25H34FN3O4S/c1-5-15-27-25(31)20(3)28(18-21-11-13-22(26)14-12-21)24(30)10-7-16-29(34(4,32)33)23-9-6-8-19(2)17-23/h6,8-9,11-14,17,20H,5,7,10,15-16,18H2,1-4H3,(H,27,31)/t20-/m1/s1. The number of rotatable bonds is 12. The van der Waals surface area contributed by atoms with E-state index < -0.39 is 16.1 Å². The highest BCUT2D eigenvalue weighted by Crippen LogP contribution is 2.20. The van der Waals surface area contributed by atoms with Crippen molar-refractivity contribution in [1.29, 1.82) is 0 Å². The fourth-order valence-electron chi connectivity index (χ4n) is 3.55. The Morgan fingerprint density at radius 1 is 1.12 bits per heavy atom. The van der Waals surface area contributed by atoms with Crippen molar-refractivity contribution in [2.24, 2.45) is 0 Å². The van der Waals surface area contributed by atoms with Crippen LogP contribution in [0.4, 0.5) is 10.1 Å². The van der Waals surface area contributed by atoms with Gasteiger partial charge in [-0.25, -0.2) is 12.8 Å². The van der Waals surface area contributed by atoms with E-state index in [1.165, 1.54) is 21.3 Å². The Morgan fingerprint density at radius 2 is 1.79 bits per heavy atom. The maximum atomic E-state index is 13.3. The largest absolute Gasteiger partial charge is 0.354 e. The summed E-state index contributed by atoms with van der Waals surface area (Å²) in [5.41, 5.74) is 2.17. The van der Waals surface area contributed by atoms with Crippen LogP contribution in [-0.2, 0) is 26.2 Å². The molecule has 0 fully saturated rings. The highest BCUT2D eigenvalue weighted by molar-refractivity contribution is 7.92. The Labute approximate surface area is 202 Å². The Kier molecular flexibility index (Phi) is 10.0. The van der Waals surface area contributed by atoms with Crippen molar-refractivity contribution < 1.29 is 22.4 Å². The second kappa shape index (κ2) is 12.5. The molecule has 0 unspecified atom stereocenters. The summed E-state index contributed by atoms with van der Waals surface area (Å²) in [5.74, 6) is -0.927. The third-order valence-corrected chi connectivity index (χ3v) is 6.62. The minimum atomic E-state index is -3.54. The molecule has 2 rings (SSSR count). The highest BCUT2D eigenvalue weighted by atomic mass is 32.2. The van der Waals surface area contributed by atoms with Gasteiger partial charge in [-0.05, 0) is 62.1 Å². The van der Waals surface area contributed by atoms with Gasteiger partial charge in [0.25, 0.3) is 0 Å². The van der Waals surface area contributed by atoms with Crippen molar-refractivity contribution in [1.82, 2.24) is 10.2 Å². The first-order valence-electron chi connectivity index (χ1n) is 11.4. The zero-order chi connectivity index (χ0) is 25.3. The van der Waals surface area contributed by atoms with Crippen molar-refractivity contribution in [2.75, 3.05) is 23.7 Å². The normalized spacial score (nSPS) is 12.1. The van der Waals surface area contributed by atoms with E-state index in [9.17, 15) is 22.4 Å². The molecule has 0 aliphatic heterocycles. The van der Waals surface area contributed by atoms with E-state index in [1.54, 1.807) is 37.3 Å². The second-order valence-electron chi connectivity index (χ2n) is 8.39. The van der Waals surface area contributed by atoms with Crippen LogP contribution in [-0.4, -0.2) is 50.5 Å². The van der Waals surface area contributed by atoms with Crippen LogP contribution in [0.25, 0.3) is 0 Å². The van der Waals surface area contributed by atoms with Gasteiger partial charge in [-0.2, -0.15) is 0 Å². The third kappa shape index (κ3) is 8.13. The summed E-state index contributed by atoms with van der Waals surface area (Å²) in [4.78, 5) is 27.2. The topological polar surface area (TPSA) is 86.8 Å². The second-order valence-corrected chi connectivity index (χ2v) is 10.3. The number of hydrogen-bond donors (Lipinski definition) is 1. The lowest BCUT2D eigenvalue weighted by Gasteiger charge is -2.29. The fourth-order valence-corrected chi connectivity index (χ4v) is 4.51. The van der Waals surface area contributed by atoms with E-state index in [2.05, 4.69) is 5.32 Å². The smallest absolute Gasteiger partial charge is 0.242 e. The summed E-state index contributed by atoms with van der Waals surface area (Å²) in [5, 5.41) is 2.80. The number of amides is 2. The maximum absolute atomic E-state index is 13.3. The maximum Gasteiger partial charge on any atom is 0.242 e. The zero-order valence-electron chi connectivity index (χ0n) is 20.3. The van der Waals surface area contributed by atoms with Crippen LogP contribution in [0.5, 0.6) is 0 Å². The lowest BCUT2D eigenvalue weighted by Crippen LogP contribution is -2.47. The van der Waals surface area contributed by atoms with Gasteiger partial charge in [-0.15, -0.1) is 0 Å². The zero-order valence-corrected chi connectivity index (χ0v) is 21.1. The SMILES string of the molecule is CCCNC(=O)[C@@H](C)N(Cc1ccc(F)cc1)C(=O)CCCN(c1cccc(C)c1)S(C)(=O)=O. The molecule has 0 bridgehead atoms. The molecule has 0 radical (unpaired) electrons. The number of nitrogens with zero attached hydrogens (tertiary/aromatic N) is 2. The summed E-state index contributed by atoms with van der Waals surface area (Å²) in [6, 6.07) is 12.2. The van der Waals surface area contributed by atoms with E-state index in [0.29, 0.717) is 17.8 Å². The Bertz CT molecular complexity index is 1070. The molecular weight excluding hydrogens is 457 g/mol. The molecule has 34 heavy (non-hydrogen) atoms. The first-order chi connectivity index (χ1) is 16.0. The predicted molar refractivity (Wildman–Crippen MR) is 132 cm³/mol. The number of nitrogens with one attached hydrogen (secondary N) is 1. The first-order valence-corrected chi connectivity index (χ1v) is 13.2. The van der Waals surface area contributed by atoms with Crippen LogP contribution in [0.15, 0.2) is 48.5 Å². The number of anilines is 1. The number of carbonyl (C=O) groups is 2. The van der Waals surface area contributed by atoms with Gasteiger partial charge in [0.05, 0.1) is 11.9 Å². The Hall–Kier alpha value is -2.94. The van der Waals surface area contributed by atoms with E-state index in [0.717, 1.165) is 18.2 Å². The predicted octanol–water partition coefficient (Wildman–Crippen LogP) is 3.62. The minimum absolute atomic E-state index is 0.0599. The molecule has 0 saturated heterocycles. The van der Waals surface area contributed by atoms with Crippen molar-refractivity contribution in [3.05, 3.63) is 65.5 Å². The molecule has 2 aromatic carbocycles. The molecule has 0 aliphatic rings. The van der Waals surface area contributed by atoms with Gasteiger partial charge in [-0.3, -0.25) is 13.9 Å². The average Bonchev–Trinajstić information content (AvgIpc) is 2.78. The average molecular weight is 492 g/mol. The van der Waals surface area contributed by atoms with Crippen LogP contribution in [0.1, 0.15) is 44.2 Å². The van der Waals surface area contributed by atoms with Gasteiger partial charge < -0.3 is 10.2 Å². The van der Waals surface area contributed by atoms with Gasteiger partial charge >= 0.3 is 0 Å². The van der Waals surface area contributed by atoms with Crippen LogP contribution < -0.4 is 9.62 Å². The van der Waals surface area contributed by atoms with Crippen LogP contribution >= 0.6 is 0 Å². The Balaban J connectivity index is 2.14. The van der Waals surface area contributed by atoms with Gasteiger partial charge in [-0.1, -0.05) is 31.2 Å². The number of halogens is 1. The highest BCUT2D eigenvalue weighted by Gasteiger charge is 2.26. The number of benzene rings is 2. The number of aryl methyl sites for hydroxylation is 1. The fraction of sp³-hybridized carbons (Fsp3) is 0.440. The summed E-state index contributed by atoms with van der Waals surface area (Å²) in [6.07, 6.45) is 2.25. The van der Waals surface area contributed by atoms with Crippen molar-refractivity contribution in [3.8, 4) is 0 Å². The summed E-state index contributed by atoms with van der Waals surface area (Å²) in [7, 11) is -3.54. The molecule has 0 aromatic heterocycles. The Morgan fingerprint density at radius 3 is 2.38 bits per heavy atom. The first kappa shape index (κ1) is 27.3. The molecule has 0 spiro atoms. The number of sulfonamides is 1. The van der Waals surface area contributed by atoms with Crippen molar-refractivity contribution in [2.45, 2.75) is 52.6 Å². The lowest BCUT2D eigenvalue weighted by atomic mass is 10.1. The van der Waals surface area contributed by atoms with E-state index in [-0.39, 0.29) is 43.6 Å². The quantitative estimate of drug-likeness (QED) is 0.491. The molecule has 1 N–H and O–H groups in total. The molecule has 1 atom stereocenters. The monoisotopic (exact) mass is 491 g/mol. The molecular formula is C25H34FN3O4S. The number of carbonyl (C=O) groups excluding carboxylic acids is 2. The van der Waals surface area contributed by atoms with E-state index in [1.807, 2.05) is 19.9 Å². The van der Waals surface area contributed by atoms with Crippen LogP contribution in [0, 0.1) is 12.7 Å². The van der Waals surface area contributed by atoms with Crippen molar-refractivity contribution in [3.63, 3.8) is 0 Å². The van der Waals surface area contributed by atoms with Gasteiger partial charge in [0.1, 0.15) is 11.9 Å². The third-order valence-electron chi connectivity index (χ3n) is 5.42. The van der Waals surface area contributed by atoms with Crippen molar-refractivity contribution >= 4 is 27.5 Å². The minimum Gasteiger partial charge on any atom is -0.354 e. The molecule has 2 aromatic rings. The van der Waals surface area contributed by atoms with Gasteiger partial charge in [0.15, 0.2) is 0 Å². The molecule has 0 aliphatic carbocycles. The molecule has 2 amide bonds.